The Kier molecular flexibility index (Phi) is 23.0. The van der Waals surface area contributed by atoms with Gasteiger partial charge < -0.3 is 44.0 Å². The van der Waals surface area contributed by atoms with E-state index in [0.717, 1.165) is 0 Å². The van der Waals surface area contributed by atoms with Gasteiger partial charge in [0.2, 0.25) is 0 Å². The van der Waals surface area contributed by atoms with Crippen molar-refractivity contribution in [2.45, 2.75) is 73.7 Å². The molecule has 0 spiro atoms. The first-order chi connectivity index (χ1) is 16.4. The van der Waals surface area contributed by atoms with Crippen LogP contribution in [0.3, 0.4) is 0 Å². The number of rotatable bonds is 12. The molecule has 0 aromatic heterocycles. The predicted molar refractivity (Wildman–Crippen MR) is 129 cm³/mol. The van der Waals surface area contributed by atoms with Crippen molar-refractivity contribution in [3.8, 4) is 0 Å². The van der Waals surface area contributed by atoms with Gasteiger partial charge in [0.1, 0.15) is 0 Å². The lowest BCUT2D eigenvalue weighted by Gasteiger charge is -2.17. The maximum atomic E-state index is 11.0. The molecule has 236 valence electrons. The van der Waals surface area contributed by atoms with E-state index in [1.807, 2.05) is 13.8 Å². The molecule has 38 heavy (non-hydrogen) atoms. The van der Waals surface area contributed by atoms with E-state index < -0.39 is 65.2 Å². The minimum atomic E-state index is -5.39. The highest BCUT2D eigenvalue weighted by atomic mass is 31.3. The number of hydrogen-bond acceptors (Lipinski definition) is 12. The van der Waals surface area contributed by atoms with Crippen LogP contribution < -0.4 is 0 Å². The Morgan fingerprint density at radius 3 is 0.816 bits per heavy atom. The average molecular weight is 690 g/mol. The highest BCUT2D eigenvalue weighted by Gasteiger charge is 2.41. The Morgan fingerprint density at radius 2 is 0.632 bits per heavy atom. The monoisotopic (exact) mass is 690 g/mol. The van der Waals surface area contributed by atoms with Crippen LogP contribution in [-0.2, 0) is 53.9 Å². The minimum Gasteiger partial charge on any atom is -0.303 e. The van der Waals surface area contributed by atoms with Gasteiger partial charge in [0, 0.05) is 0 Å². The SMILES string of the molecule is CC.CC(C)OP(=O)(O)O.CC(C)OP(=O)(O)OP(=O)(O)O.CC(C)OP(=O)(O)OP(=O)(O)OP(=O)(O)O. The molecule has 0 saturated carbocycles. The van der Waals surface area contributed by atoms with Crippen molar-refractivity contribution in [1.29, 1.82) is 0 Å². The first-order valence-electron chi connectivity index (χ1n) is 9.71. The van der Waals surface area contributed by atoms with Crippen LogP contribution in [0.2, 0.25) is 0 Å². The molecule has 3 atom stereocenters. The third-order valence-corrected chi connectivity index (χ3v) is 8.74. The molecule has 3 unspecified atom stereocenters. The average Bonchev–Trinajstić information content (AvgIpc) is 2.45. The van der Waals surface area contributed by atoms with Gasteiger partial charge in [-0.1, -0.05) is 13.8 Å². The Labute approximate surface area is 219 Å². The molecule has 0 heterocycles. The van der Waals surface area contributed by atoms with Gasteiger partial charge in [0.05, 0.1) is 18.3 Å². The summed E-state index contributed by atoms with van der Waals surface area (Å²) < 4.78 is 85.6. The summed E-state index contributed by atoms with van der Waals surface area (Å²) in [6.07, 6.45) is -1.89. The molecule has 0 saturated heterocycles. The maximum Gasteiger partial charge on any atom is 0.490 e. The predicted octanol–water partition coefficient (Wildman–Crippen LogP) is 2.89. The molecule has 0 aliphatic rings. The van der Waals surface area contributed by atoms with E-state index in [1.54, 1.807) is 13.8 Å². The first-order valence-corrected chi connectivity index (χ1v) is 18.8. The van der Waals surface area contributed by atoms with Crippen LogP contribution in [0.1, 0.15) is 55.4 Å². The number of hydrogen-bond donors (Lipinski definition) is 9. The van der Waals surface area contributed by atoms with Crippen molar-refractivity contribution in [2.24, 2.45) is 0 Å². The fraction of sp³-hybridized carbons (Fsp3) is 1.00. The molecule has 0 aliphatic carbocycles. The largest absolute Gasteiger partial charge is 0.490 e. The molecule has 9 N–H and O–H groups in total. The van der Waals surface area contributed by atoms with E-state index in [2.05, 4.69) is 26.5 Å². The molecule has 0 rings (SSSR count). The van der Waals surface area contributed by atoms with Gasteiger partial charge in [-0.15, -0.1) is 0 Å². The van der Waals surface area contributed by atoms with Crippen molar-refractivity contribution in [3.63, 3.8) is 0 Å². The normalized spacial score (nSPS) is 17.1. The fourth-order valence-electron chi connectivity index (χ4n) is 1.26. The molecule has 0 radical (unpaired) electrons. The van der Waals surface area contributed by atoms with Crippen LogP contribution in [0.25, 0.3) is 0 Å². The Hall–Kier alpha value is 0.780. The standard InChI is InChI=1S/C3H11O10P3.C3H10O7P2.C3H9O4P.C2H6/c1-3(2)11-15(7,8)13-16(9,10)12-14(4,5)6;1-3(2)9-12(7,8)10-11(4,5)6;1-3(2)7-8(4,5)6;1-2/h3H,1-2H3,(H,7,8)(H,9,10)(H2,4,5,6);3H,1-2H3,(H,7,8)(H2,4,5,6);3H,1-2H3,(H2,4,5,6);1-2H3. The van der Waals surface area contributed by atoms with E-state index in [9.17, 15) is 27.4 Å². The van der Waals surface area contributed by atoms with Crippen LogP contribution in [0.4, 0.5) is 0 Å². The zero-order valence-corrected chi connectivity index (χ0v) is 26.7. The Morgan fingerprint density at radius 1 is 0.395 bits per heavy atom. The number of phosphoric ester groups is 3. The number of phosphoric acid groups is 6. The van der Waals surface area contributed by atoms with Crippen molar-refractivity contribution in [2.75, 3.05) is 0 Å². The second-order valence-electron chi connectivity index (χ2n) is 6.58. The summed E-state index contributed by atoms with van der Waals surface area (Å²) in [5.41, 5.74) is 0. The van der Waals surface area contributed by atoms with E-state index in [-0.39, 0.29) is 0 Å². The van der Waals surface area contributed by atoms with Crippen molar-refractivity contribution in [1.82, 2.24) is 0 Å². The van der Waals surface area contributed by atoms with E-state index in [4.69, 9.17) is 44.0 Å². The highest BCUT2D eigenvalue weighted by Crippen LogP contribution is 2.66. The maximum absolute atomic E-state index is 11.0. The molecule has 27 heteroatoms. The van der Waals surface area contributed by atoms with Crippen molar-refractivity contribution < 1.29 is 97.9 Å². The van der Waals surface area contributed by atoms with E-state index in [0.29, 0.717) is 0 Å². The summed E-state index contributed by atoms with van der Waals surface area (Å²) in [6, 6.07) is 0. The Balaban J connectivity index is -0.000000232. The van der Waals surface area contributed by atoms with Gasteiger partial charge in [-0.3, -0.25) is 13.6 Å². The summed E-state index contributed by atoms with van der Waals surface area (Å²) in [5, 5.41) is 0. The van der Waals surface area contributed by atoms with Crippen LogP contribution >= 0.6 is 46.9 Å². The summed E-state index contributed by atoms with van der Waals surface area (Å²) in [5.74, 6) is 0. The second kappa shape index (κ2) is 19.1. The molecule has 0 aromatic carbocycles. The molecule has 0 fully saturated rings. The van der Waals surface area contributed by atoms with Crippen LogP contribution in [0.5, 0.6) is 0 Å². The minimum absolute atomic E-state index is 0.421. The molecule has 0 aromatic rings. The van der Waals surface area contributed by atoms with Gasteiger partial charge in [-0.2, -0.15) is 12.9 Å². The van der Waals surface area contributed by atoms with Crippen LogP contribution in [-0.4, -0.2) is 62.4 Å². The van der Waals surface area contributed by atoms with Gasteiger partial charge in [0.15, 0.2) is 0 Å². The lowest BCUT2D eigenvalue weighted by atomic mass is 10.5. The smallest absolute Gasteiger partial charge is 0.303 e. The molecular formula is C11H36O21P6. The quantitative estimate of drug-likeness (QED) is 0.133. The van der Waals surface area contributed by atoms with E-state index >= 15 is 0 Å². The fourth-order valence-corrected chi connectivity index (χ4v) is 6.76. The van der Waals surface area contributed by atoms with Gasteiger partial charge in [-0.25, -0.2) is 27.4 Å². The summed E-state index contributed by atoms with van der Waals surface area (Å²) in [6.45, 7) is 12.6. The molecular weight excluding hydrogens is 654 g/mol. The van der Waals surface area contributed by atoms with Gasteiger partial charge in [0.25, 0.3) is 0 Å². The lowest BCUT2D eigenvalue weighted by molar-refractivity contribution is 0.142. The second-order valence-corrected chi connectivity index (χ2v) is 14.9. The third-order valence-electron chi connectivity index (χ3n) is 1.66. The Bertz CT molecular complexity index is 928. The van der Waals surface area contributed by atoms with Crippen molar-refractivity contribution >= 4 is 46.9 Å². The summed E-state index contributed by atoms with van der Waals surface area (Å²) >= 11 is 0. The van der Waals surface area contributed by atoms with Crippen molar-refractivity contribution in [3.05, 3.63) is 0 Å². The topological polar surface area (TPSA) is 340 Å². The molecule has 21 nitrogen and oxygen atoms in total. The van der Waals surface area contributed by atoms with Gasteiger partial charge >= 0.3 is 46.9 Å². The molecule has 0 bridgehead atoms. The zero-order chi connectivity index (χ0) is 32.0. The first kappa shape index (κ1) is 45.8. The van der Waals surface area contributed by atoms with Crippen LogP contribution in [0, 0.1) is 0 Å². The zero-order valence-electron chi connectivity index (χ0n) is 21.3. The molecule has 0 amide bonds. The van der Waals surface area contributed by atoms with Crippen LogP contribution in [0.15, 0.2) is 0 Å². The summed E-state index contributed by atoms with van der Waals surface area (Å²) in [4.78, 5) is 75.0. The van der Waals surface area contributed by atoms with Gasteiger partial charge in [-0.05, 0) is 41.5 Å². The third kappa shape index (κ3) is 41.3. The van der Waals surface area contributed by atoms with E-state index in [1.165, 1.54) is 27.7 Å². The summed E-state index contributed by atoms with van der Waals surface area (Å²) in [7, 11) is -29.5. The highest BCUT2D eigenvalue weighted by molar-refractivity contribution is 7.66. The lowest BCUT2D eigenvalue weighted by Crippen LogP contribution is -2.02. The molecule has 0 aliphatic heterocycles.